The maximum Gasteiger partial charge on any atom is 0.184 e. The number of benzene rings is 2. The van der Waals surface area contributed by atoms with Crippen LogP contribution >= 0.6 is 11.3 Å². The summed E-state index contributed by atoms with van der Waals surface area (Å²) in [5.74, 6) is -0.212. The number of hydrogen-bond acceptors (Lipinski definition) is 3. The van der Waals surface area contributed by atoms with Gasteiger partial charge in [-0.1, -0.05) is 35.6 Å². The third kappa shape index (κ3) is 2.58. The first-order valence-electron chi connectivity index (χ1n) is 6.10. The monoisotopic (exact) mass is 272 g/mol. The Balaban J connectivity index is 1.82. The first kappa shape index (κ1) is 12.1. The summed E-state index contributed by atoms with van der Waals surface area (Å²) in [4.78, 5) is 4.53. The first-order valence-corrected chi connectivity index (χ1v) is 6.91. The fourth-order valence-electron chi connectivity index (χ4n) is 1.95. The number of nitrogens with one attached hydrogen (secondary N) is 1. The van der Waals surface area contributed by atoms with Gasteiger partial charge in [-0.05, 0) is 36.8 Å². The molecular weight excluding hydrogens is 259 g/mol. The normalized spacial score (nSPS) is 12.5. The molecule has 4 heteroatoms. The van der Waals surface area contributed by atoms with E-state index in [0.717, 1.165) is 20.9 Å². The third-order valence-corrected chi connectivity index (χ3v) is 3.97. The molecule has 0 radical (unpaired) electrons. The molecule has 3 rings (SSSR count). The molecule has 3 aromatic rings. The minimum Gasteiger partial charge on any atom is -0.355 e. The lowest BCUT2D eigenvalue weighted by molar-refractivity contribution is 0.626. The van der Waals surface area contributed by atoms with Crippen molar-refractivity contribution in [2.75, 3.05) is 5.32 Å². The van der Waals surface area contributed by atoms with Gasteiger partial charge < -0.3 is 5.32 Å². The van der Waals surface area contributed by atoms with Gasteiger partial charge in [0.2, 0.25) is 0 Å². The molecule has 0 bridgehead atoms. The van der Waals surface area contributed by atoms with Crippen LogP contribution in [0.15, 0.2) is 48.5 Å². The van der Waals surface area contributed by atoms with Gasteiger partial charge in [0, 0.05) is 0 Å². The zero-order valence-electron chi connectivity index (χ0n) is 10.4. The fraction of sp³-hybridized carbons (Fsp3) is 0.133. The average molecular weight is 272 g/mol. The van der Waals surface area contributed by atoms with Crippen molar-refractivity contribution in [2.45, 2.75) is 13.0 Å². The molecule has 0 saturated carbocycles. The number of halogens is 1. The number of anilines is 1. The molecule has 96 valence electrons. The van der Waals surface area contributed by atoms with Gasteiger partial charge in [-0.3, -0.25) is 0 Å². The zero-order chi connectivity index (χ0) is 13.2. The molecule has 0 spiro atoms. The minimum atomic E-state index is -0.212. The van der Waals surface area contributed by atoms with Crippen molar-refractivity contribution in [3.8, 4) is 0 Å². The standard InChI is InChI=1S/C15H13FN2S/c1-10(11-6-8-12(16)9-7-11)17-15-18-13-4-2-3-5-14(13)19-15/h2-10H,1H3,(H,17,18). The second-order valence-electron chi connectivity index (χ2n) is 4.40. The summed E-state index contributed by atoms with van der Waals surface area (Å²) >= 11 is 1.63. The van der Waals surface area contributed by atoms with Crippen LogP contribution in [-0.2, 0) is 0 Å². The molecule has 0 aliphatic rings. The van der Waals surface area contributed by atoms with Crippen molar-refractivity contribution in [2.24, 2.45) is 0 Å². The molecule has 0 fully saturated rings. The highest BCUT2D eigenvalue weighted by Gasteiger charge is 2.08. The van der Waals surface area contributed by atoms with Crippen molar-refractivity contribution in [1.29, 1.82) is 0 Å². The largest absolute Gasteiger partial charge is 0.355 e. The molecule has 2 aromatic carbocycles. The second kappa shape index (κ2) is 4.97. The molecule has 1 heterocycles. The van der Waals surface area contributed by atoms with Crippen LogP contribution in [0, 0.1) is 5.82 Å². The van der Waals surface area contributed by atoms with E-state index in [0.29, 0.717) is 0 Å². The molecule has 0 aliphatic carbocycles. The van der Waals surface area contributed by atoms with Crippen LogP contribution in [0.5, 0.6) is 0 Å². The van der Waals surface area contributed by atoms with Gasteiger partial charge >= 0.3 is 0 Å². The fourth-order valence-corrected chi connectivity index (χ4v) is 2.91. The van der Waals surface area contributed by atoms with Crippen LogP contribution in [0.4, 0.5) is 9.52 Å². The van der Waals surface area contributed by atoms with Gasteiger partial charge in [0.1, 0.15) is 5.82 Å². The molecule has 19 heavy (non-hydrogen) atoms. The summed E-state index contributed by atoms with van der Waals surface area (Å²) in [6.07, 6.45) is 0. The highest BCUT2D eigenvalue weighted by molar-refractivity contribution is 7.22. The van der Waals surface area contributed by atoms with Gasteiger partial charge in [-0.15, -0.1) is 0 Å². The van der Waals surface area contributed by atoms with Crippen molar-refractivity contribution >= 4 is 26.7 Å². The SMILES string of the molecule is CC(Nc1nc2ccccc2s1)c1ccc(F)cc1. The van der Waals surface area contributed by atoms with E-state index in [-0.39, 0.29) is 11.9 Å². The van der Waals surface area contributed by atoms with Crippen molar-refractivity contribution in [1.82, 2.24) is 4.98 Å². The Morgan fingerprint density at radius 1 is 1.11 bits per heavy atom. The molecule has 0 aliphatic heterocycles. The van der Waals surface area contributed by atoms with Crippen LogP contribution in [0.1, 0.15) is 18.5 Å². The van der Waals surface area contributed by atoms with Crippen LogP contribution in [0.2, 0.25) is 0 Å². The molecule has 0 saturated heterocycles. The zero-order valence-corrected chi connectivity index (χ0v) is 11.2. The summed E-state index contributed by atoms with van der Waals surface area (Å²) in [7, 11) is 0. The Labute approximate surface area is 114 Å². The lowest BCUT2D eigenvalue weighted by atomic mass is 10.1. The summed E-state index contributed by atoms with van der Waals surface area (Å²) in [6.45, 7) is 2.04. The van der Waals surface area contributed by atoms with Gasteiger partial charge in [-0.2, -0.15) is 0 Å². The second-order valence-corrected chi connectivity index (χ2v) is 5.43. The number of nitrogens with zero attached hydrogens (tertiary/aromatic N) is 1. The maximum atomic E-state index is 12.9. The molecule has 1 unspecified atom stereocenters. The molecular formula is C15H13FN2S. The summed E-state index contributed by atoms with van der Waals surface area (Å²) < 4.78 is 14.0. The lowest BCUT2D eigenvalue weighted by Crippen LogP contribution is -2.06. The number of thiazole rings is 1. The van der Waals surface area contributed by atoms with E-state index in [1.165, 1.54) is 12.1 Å². The maximum absolute atomic E-state index is 12.9. The Hall–Kier alpha value is -1.94. The Kier molecular flexibility index (Phi) is 3.17. The average Bonchev–Trinajstić information content (AvgIpc) is 2.81. The number of hydrogen-bond donors (Lipinski definition) is 1. The van der Waals surface area contributed by atoms with Gasteiger partial charge in [0.25, 0.3) is 0 Å². The van der Waals surface area contributed by atoms with E-state index in [1.54, 1.807) is 23.5 Å². The quantitative estimate of drug-likeness (QED) is 0.753. The van der Waals surface area contributed by atoms with E-state index in [4.69, 9.17) is 0 Å². The van der Waals surface area contributed by atoms with Crippen LogP contribution in [-0.4, -0.2) is 4.98 Å². The van der Waals surface area contributed by atoms with Crippen molar-refractivity contribution in [3.63, 3.8) is 0 Å². The highest BCUT2D eigenvalue weighted by Crippen LogP contribution is 2.28. The summed E-state index contributed by atoms with van der Waals surface area (Å²) in [5, 5.41) is 4.24. The smallest absolute Gasteiger partial charge is 0.184 e. The van der Waals surface area contributed by atoms with Crippen molar-refractivity contribution in [3.05, 3.63) is 59.9 Å². The summed E-state index contributed by atoms with van der Waals surface area (Å²) in [6, 6.07) is 14.7. The molecule has 1 N–H and O–H groups in total. The van der Waals surface area contributed by atoms with Crippen molar-refractivity contribution < 1.29 is 4.39 Å². The lowest BCUT2D eigenvalue weighted by Gasteiger charge is -2.12. The Morgan fingerprint density at radius 2 is 1.84 bits per heavy atom. The van der Waals surface area contributed by atoms with Gasteiger partial charge in [0.05, 0.1) is 16.3 Å². The van der Waals surface area contributed by atoms with E-state index >= 15 is 0 Å². The van der Waals surface area contributed by atoms with Gasteiger partial charge in [0.15, 0.2) is 5.13 Å². The summed E-state index contributed by atoms with van der Waals surface area (Å²) in [5.41, 5.74) is 2.04. The van der Waals surface area contributed by atoms with E-state index in [2.05, 4.69) is 16.4 Å². The highest BCUT2D eigenvalue weighted by atomic mass is 32.1. The molecule has 0 amide bonds. The molecule has 1 atom stereocenters. The predicted molar refractivity (Wildman–Crippen MR) is 78.1 cm³/mol. The van der Waals surface area contributed by atoms with Gasteiger partial charge in [-0.25, -0.2) is 9.37 Å². The number of fused-ring (bicyclic) bond motifs is 1. The Bertz CT molecular complexity index is 658. The number of para-hydroxylation sites is 1. The minimum absolute atomic E-state index is 0.0983. The van der Waals surface area contributed by atoms with Crippen LogP contribution in [0.25, 0.3) is 10.2 Å². The predicted octanol–water partition coefficient (Wildman–Crippen LogP) is 4.61. The van der Waals surface area contributed by atoms with E-state index < -0.39 is 0 Å². The Morgan fingerprint density at radius 3 is 2.58 bits per heavy atom. The number of rotatable bonds is 3. The first-order chi connectivity index (χ1) is 9.22. The van der Waals surface area contributed by atoms with Crippen LogP contribution in [0.3, 0.4) is 0 Å². The topological polar surface area (TPSA) is 24.9 Å². The molecule has 2 nitrogen and oxygen atoms in total. The van der Waals surface area contributed by atoms with Crippen LogP contribution < -0.4 is 5.32 Å². The third-order valence-electron chi connectivity index (χ3n) is 3.00. The number of aromatic nitrogens is 1. The van der Waals surface area contributed by atoms with E-state index in [1.807, 2.05) is 25.1 Å². The van der Waals surface area contributed by atoms with E-state index in [9.17, 15) is 4.39 Å². The molecule has 1 aromatic heterocycles.